The molecule has 1 unspecified atom stereocenters. The smallest absolute Gasteiger partial charge is 0.127 e. The van der Waals surface area contributed by atoms with E-state index < -0.39 is 6.04 Å². The van der Waals surface area contributed by atoms with Crippen molar-refractivity contribution >= 4 is 0 Å². The van der Waals surface area contributed by atoms with Gasteiger partial charge in [0, 0.05) is 0 Å². The first-order valence-electron chi connectivity index (χ1n) is 4.32. The molecule has 0 saturated carbocycles. The van der Waals surface area contributed by atoms with Crippen LogP contribution < -0.4 is 15.2 Å². The van der Waals surface area contributed by atoms with Crippen molar-refractivity contribution in [3.8, 4) is 11.5 Å². The van der Waals surface area contributed by atoms with Crippen molar-refractivity contribution in [2.75, 3.05) is 20.8 Å². The van der Waals surface area contributed by atoms with Gasteiger partial charge in [-0.25, -0.2) is 0 Å². The van der Waals surface area contributed by atoms with Crippen LogP contribution in [0.15, 0.2) is 18.2 Å². The van der Waals surface area contributed by atoms with Gasteiger partial charge >= 0.3 is 0 Å². The van der Waals surface area contributed by atoms with E-state index in [0.29, 0.717) is 17.1 Å². The van der Waals surface area contributed by atoms with Gasteiger partial charge in [-0.3, -0.25) is 0 Å². The standard InChI is InChI=1S/C10H15NO3/c1-13-8-4-3-5-9(14-2)10(8)7(11)6-12/h3-5,7,12H,6,11H2,1-2H3. The number of benzene rings is 1. The number of aliphatic hydroxyl groups excluding tert-OH is 1. The van der Waals surface area contributed by atoms with Crippen molar-refractivity contribution in [2.24, 2.45) is 5.73 Å². The summed E-state index contributed by atoms with van der Waals surface area (Å²) >= 11 is 0. The Bertz CT molecular complexity index is 279. The van der Waals surface area contributed by atoms with Gasteiger partial charge in [0.05, 0.1) is 32.4 Å². The Balaban J connectivity index is 3.18. The number of ether oxygens (including phenoxy) is 2. The fraction of sp³-hybridized carbons (Fsp3) is 0.400. The predicted molar refractivity (Wildman–Crippen MR) is 53.6 cm³/mol. The van der Waals surface area contributed by atoms with Gasteiger partial charge in [-0.1, -0.05) is 6.07 Å². The van der Waals surface area contributed by atoms with E-state index in [1.54, 1.807) is 26.4 Å². The molecular weight excluding hydrogens is 182 g/mol. The maximum atomic E-state index is 8.99. The quantitative estimate of drug-likeness (QED) is 0.745. The van der Waals surface area contributed by atoms with E-state index in [1.807, 2.05) is 6.07 Å². The molecule has 3 N–H and O–H groups in total. The molecule has 0 aliphatic heterocycles. The molecule has 14 heavy (non-hydrogen) atoms. The summed E-state index contributed by atoms with van der Waals surface area (Å²) in [5.74, 6) is 1.26. The highest BCUT2D eigenvalue weighted by atomic mass is 16.5. The van der Waals surface area contributed by atoms with Gasteiger partial charge in [0.1, 0.15) is 11.5 Å². The molecule has 1 rings (SSSR count). The van der Waals surface area contributed by atoms with Crippen LogP contribution >= 0.6 is 0 Å². The minimum atomic E-state index is -0.485. The summed E-state index contributed by atoms with van der Waals surface area (Å²) in [6.07, 6.45) is 0. The Morgan fingerprint density at radius 1 is 1.29 bits per heavy atom. The number of nitrogens with two attached hydrogens (primary N) is 1. The molecule has 0 amide bonds. The topological polar surface area (TPSA) is 64.7 Å². The molecule has 0 radical (unpaired) electrons. The fourth-order valence-electron chi connectivity index (χ4n) is 1.34. The molecule has 0 saturated heterocycles. The van der Waals surface area contributed by atoms with Crippen molar-refractivity contribution in [1.29, 1.82) is 0 Å². The molecule has 1 aromatic carbocycles. The van der Waals surface area contributed by atoms with Crippen LogP contribution in [0.25, 0.3) is 0 Å². The molecule has 0 aromatic heterocycles. The summed E-state index contributed by atoms with van der Waals surface area (Å²) in [6.45, 7) is -0.142. The van der Waals surface area contributed by atoms with Gasteiger partial charge in [-0.05, 0) is 12.1 Å². The molecule has 4 nitrogen and oxygen atoms in total. The Labute approximate surface area is 83.3 Å². The maximum absolute atomic E-state index is 8.99. The van der Waals surface area contributed by atoms with Gasteiger partial charge in [-0.15, -0.1) is 0 Å². The van der Waals surface area contributed by atoms with E-state index in [2.05, 4.69) is 0 Å². The number of methoxy groups -OCH3 is 2. The second-order valence-electron chi connectivity index (χ2n) is 2.87. The number of aliphatic hydroxyl groups is 1. The summed E-state index contributed by atoms with van der Waals surface area (Å²) in [7, 11) is 3.12. The second-order valence-corrected chi connectivity index (χ2v) is 2.87. The molecule has 0 aliphatic carbocycles. The highest BCUT2D eigenvalue weighted by Gasteiger charge is 2.16. The second kappa shape index (κ2) is 4.83. The van der Waals surface area contributed by atoms with E-state index in [9.17, 15) is 0 Å². The monoisotopic (exact) mass is 197 g/mol. The molecule has 78 valence electrons. The number of rotatable bonds is 4. The highest BCUT2D eigenvalue weighted by molar-refractivity contribution is 5.46. The lowest BCUT2D eigenvalue weighted by Crippen LogP contribution is -2.16. The molecule has 4 heteroatoms. The third-order valence-electron chi connectivity index (χ3n) is 2.03. The molecule has 0 fully saturated rings. The number of hydrogen-bond acceptors (Lipinski definition) is 4. The first-order chi connectivity index (χ1) is 6.74. The van der Waals surface area contributed by atoms with Gasteiger partial charge < -0.3 is 20.3 Å². The number of hydrogen-bond donors (Lipinski definition) is 2. The Hall–Kier alpha value is -1.26. The van der Waals surface area contributed by atoms with Crippen molar-refractivity contribution in [3.05, 3.63) is 23.8 Å². The van der Waals surface area contributed by atoms with Crippen LogP contribution in [0.4, 0.5) is 0 Å². The molecule has 0 bridgehead atoms. The summed E-state index contributed by atoms with van der Waals surface area (Å²) in [5, 5.41) is 8.99. The minimum Gasteiger partial charge on any atom is -0.496 e. The lowest BCUT2D eigenvalue weighted by molar-refractivity contribution is 0.260. The lowest BCUT2D eigenvalue weighted by atomic mass is 10.1. The third-order valence-corrected chi connectivity index (χ3v) is 2.03. The van der Waals surface area contributed by atoms with Crippen molar-refractivity contribution < 1.29 is 14.6 Å². The molecule has 0 aliphatic rings. The zero-order valence-electron chi connectivity index (χ0n) is 8.36. The Morgan fingerprint density at radius 3 is 2.14 bits per heavy atom. The Morgan fingerprint density at radius 2 is 1.79 bits per heavy atom. The van der Waals surface area contributed by atoms with Gasteiger partial charge in [0.15, 0.2) is 0 Å². The van der Waals surface area contributed by atoms with E-state index in [-0.39, 0.29) is 6.61 Å². The predicted octanol–water partition coefficient (Wildman–Crippen LogP) is 0.696. The summed E-state index contributed by atoms with van der Waals surface area (Å²) < 4.78 is 10.3. The summed E-state index contributed by atoms with van der Waals surface area (Å²) in [6, 6.07) is 4.90. The largest absolute Gasteiger partial charge is 0.496 e. The molecule has 0 spiro atoms. The van der Waals surface area contributed by atoms with E-state index in [0.717, 1.165) is 0 Å². The van der Waals surface area contributed by atoms with Gasteiger partial charge in [-0.2, -0.15) is 0 Å². The molecular formula is C10H15NO3. The summed E-state index contributed by atoms with van der Waals surface area (Å²) in [4.78, 5) is 0. The minimum absolute atomic E-state index is 0.142. The van der Waals surface area contributed by atoms with Crippen LogP contribution in [0.5, 0.6) is 11.5 Å². The maximum Gasteiger partial charge on any atom is 0.127 e. The van der Waals surface area contributed by atoms with Crippen LogP contribution in [-0.4, -0.2) is 25.9 Å². The normalized spacial score (nSPS) is 12.3. The van der Waals surface area contributed by atoms with Crippen LogP contribution in [0.1, 0.15) is 11.6 Å². The highest BCUT2D eigenvalue weighted by Crippen LogP contribution is 2.32. The first-order valence-corrected chi connectivity index (χ1v) is 4.32. The van der Waals surface area contributed by atoms with Crippen molar-refractivity contribution in [1.82, 2.24) is 0 Å². The first kappa shape index (κ1) is 10.8. The average molecular weight is 197 g/mol. The zero-order valence-corrected chi connectivity index (χ0v) is 8.36. The molecule has 1 atom stereocenters. The molecule has 1 aromatic rings. The summed E-state index contributed by atoms with van der Waals surface area (Å²) in [5.41, 5.74) is 6.43. The lowest BCUT2D eigenvalue weighted by Gasteiger charge is -2.16. The SMILES string of the molecule is COc1cccc(OC)c1C(N)CO. The van der Waals surface area contributed by atoms with Crippen molar-refractivity contribution in [3.63, 3.8) is 0 Å². The fourth-order valence-corrected chi connectivity index (χ4v) is 1.34. The average Bonchev–Trinajstić information content (AvgIpc) is 2.26. The van der Waals surface area contributed by atoms with E-state index in [1.165, 1.54) is 0 Å². The third kappa shape index (κ3) is 1.97. The zero-order chi connectivity index (χ0) is 10.6. The van der Waals surface area contributed by atoms with E-state index in [4.69, 9.17) is 20.3 Å². The van der Waals surface area contributed by atoms with Gasteiger partial charge in [0.2, 0.25) is 0 Å². The van der Waals surface area contributed by atoms with Crippen LogP contribution in [0.3, 0.4) is 0 Å². The van der Waals surface area contributed by atoms with Crippen LogP contribution in [0, 0.1) is 0 Å². The van der Waals surface area contributed by atoms with Crippen molar-refractivity contribution in [2.45, 2.75) is 6.04 Å². The van der Waals surface area contributed by atoms with Gasteiger partial charge in [0.25, 0.3) is 0 Å². The van der Waals surface area contributed by atoms with Crippen LogP contribution in [0.2, 0.25) is 0 Å². The molecule has 0 heterocycles. The Kier molecular flexibility index (Phi) is 3.73. The van der Waals surface area contributed by atoms with Crippen LogP contribution in [-0.2, 0) is 0 Å². The van der Waals surface area contributed by atoms with E-state index >= 15 is 0 Å².